The van der Waals surface area contributed by atoms with Crippen LogP contribution in [-0.2, 0) is 6.54 Å². The van der Waals surface area contributed by atoms with Gasteiger partial charge in [-0.25, -0.2) is 0 Å². The number of alkyl halides is 3. The van der Waals surface area contributed by atoms with Gasteiger partial charge in [0, 0.05) is 12.7 Å². The SMILES string of the molecule is O=C(NCC1CCCNC1)c1ccn(CC(F)(F)F)n1. The predicted molar refractivity (Wildman–Crippen MR) is 66.2 cm³/mol. The van der Waals surface area contributed by atoms with Crippen LogP contribution in [0.1, 0.15) is 23.3 Å². The summed E-state index contributed by atoms with van der Waals surface area (Å²) < 4.78 is 37.2. The summed E-state index contributed by atoms with van der Waals surface area (Å²) in [5.74, 6) is -0.0681. The van der Waals surface area contributed by atoms with Gasteiger partial charge in [-0.3, -0.25) is 9.48 Å². The maximum Gasteiger partial charge on any atom is 0.408 e. The number of carbonyl (C=O) groups excluding carboxylic acids is 1. The molecule has 0 aromatic carbocycles. The van der Waals surface area contributed by atoms with Crippen LogP contribution in [0.3, 0.4) is 0 Å². The topological polar surface area (TPSA) is 59.0 Å². The summed E-state index contributed by atoms with van der Waals surface area (Å²) in [5.41, 5.74) is 0.0121. The van der Waals surface area contributed by atoms with Gasteiger partial charge in [0.25, 0.3) is 5.91 Å². The first-order chi connectivity index (χ1) is 9.44. The molecule has 1 unspecified atom stereocenters. The Kier molecular flexibility index (Phi) is 4.64. The lowest BCUT2D eigenvalue weighted by molar-refractivity contribution is -0.142. The number of nitrogens with zero attached hydrogens (tertiary/aromatic N) is 2. The van der Waals surface area contributed by atoms with Crippen molar-refractivity contribution in [3.8, 4) is 0 Å². The molecule has 0 aliphatic carbocycles. The highest BCUT2D eigenvalue weighted by atomic mass is 19.4. The van der Waals surface area contributed by atoms with E-state index in [0.29, 0.717) is 12.5 Å². The second kappa shape index (κ2) is 6.25. The molecule has 5 nitrogen and oxygen atoms in total. The number of piperidine rings is 1. The van der Waals surface area contributed by atoms with Crippen LogP contribution < -0.4 is 10.6 Å². The van der Waals surface area contributed by atoms with Crippen LogP contribution in [0.25, 0.3) is 0 Å². The monoisotopic (exact) mass is 290 g/mol. The molecular formula is C12H17F3N4O. The summed E-state index contributed by atoms with van der Waals surface area (Å²) in [4.78, 5) is 11.8. The van der Waals surface area contributed by atoms with E-state index in [4.69, 9.17) is 0 Å². The van der Waals surface area contributed by atoms with E-state index in [1.165, 1.54) is 6.07 Å². The number of hydrogen-bond donors (Lipinski definition) is 2. The number of rotatable bonds is 4. The summed E-state index contributed by atoms with van der Waals surface area (Å²) >= 11 is 0. The fourth-order valence-corrected chi connectivity index (χ4v) is 2.18. The third-order valence-corrected chi connectivity index (χ3v) is 3.16. The van der Waals surface area contributed by atoms with Crippen molar-refractivity contribution < 1.29 is 18.0 Å². The second-order valence-electron chi connectivity index (χ2n) is 4.94. The Bertz CT molecular complexity index is 452. The molecule has 2 rings (SSSR count). The van der Waals surface area contributed by atoms with Crippen LogP contribution in [0, 0.1) is 5.92 Å². The van der Waals surface area contributed by atoms with Gasteiger partial charge in [-0.1, -0.05) is 0 Å². The number of halogens is 3. The van der Waals surface area contributed by atoms with Crippen LogP contribution >= 0.6 is 0 Å². The molecule has 2 heterocycles. The summed E-state index contributed by atoms with van der Waals surface area (Å²) in [5, 5.41) is 9.57. The molecule has 1 amide bonds. The Hall–Kier alpha value is -1.57. The maximum absolute atomic E-state index is 12.2. The predicted octanol–water partition coefficient (Wildman–Crippen LogP) is 1.17. The Balaban J connectivity index is 1.83. The highest BCUT2D eigenvalue weighted by molar-refractivity contribution is 5.92. The van der Waals surface area contributed by atoms with E-state index in [1.54, 1.807) is 0 Å². The van der Waals surface area contributed by atoms with Crippen molar-refractivity contribution in [1.82, 2.24) is 20.4 Å². The summed E-state index contributed by atoms with van der Waals surface area (Å²) in [7, 11) is 0. The van der Waals surface area contributed by atoms with Crippen molar-refractivity contribution in [3.05, 3.63) is 18.0 Å². The number of hydrogen-bond acceptors (Lipinski definition) is 3. The minimum atomic E-state index is -4.34. The van der Waals surface area contributed by atoms with Crippen molar-refractivity contribution in [2.24, 2.45) is 5.92 Å². The molecule has 1 aromatic heterocycles. The average molecular weight is 290 g/mol. The highest BCUT2D eigenvalue weighted by Gasteiger charge is 2.28. The van der Waals surface area contributed by atoms with Gasteiger partial charge in [-0.05, 0) is 37.9 Å². The quantitative estimate of drug-likeness (QED) is 0.875. The van der Waals surface area contributed by atoms with Crippen LogP contribution in [0.5, 0.6) is 0 Å². The molecule has 1 aliphatic rings. The molecule has 20 heavy (non-hydrogen) atoms. The molecule has 1 saturated heterocycles. The number of nitrogens with one attached hydrogen (secondary N) is 2. The van der Waals surface area contributed by atoms with Crippen molar-refractivity contribution in [1.29, 1.82) is 0 Å². The van der Waals surface area contributed by atoms with Gasteiger partial charge in [-0.15, -0.1) is 0 Å². The first kappa shape index (κ1) is 14.8. The minimum Gasteiger partial charge on any atom is -0.350 e. The number of aromatic nitrogens is 2. The van der Waals surface area contributed by atoms with E-state index < -0.39 is 18.6 Å². The molecular weight excluding hydrogens is 273 g/mol. The van der Waals surface area contributed by atoms with Crippen LogP contribution in [0.4, 0.5) is 13.2 Å². The van der Waals surface area contributed by atoms with Gasteiger partial charge < -0.3 is 10.6 Å². The molecule has 0 bridgehead atoms. The Morgan fingerprint density at radius 1 is 1.55 bits per heavy atom. The smallest absolute Gasteiger partial charge is 0.350 e. The zero-order chi connectivity index (χ0) is 14.6. The lowest BCUT2D eigenvalue weighted by Crippen LogP contribution is -2.38. The lowest BCUT2D eigenvalue weighted by atomic mass is 10.00. The first-order valence-electron chi connectivity index (χ1n) is 6.53. The molecule has 1 aliphatic heterocycles. The average Bonchev–Trinajstić information content (AvgIpc) is 2.83. The van der Waals surface area contributed by atoms with Crippen LogP contribution in [0.15, 0.2) is 12.3 Å². The van der Waals surface area contributed by atoms with E-state index in [0.717, 1.165) is 36.8 Å². The van der Waals surface area contributed by atoms with Gasteiger partial charge >= 0.3 is 6.18 Å². The molecule has 1 aromatic rings. The summed E-state index contributed by atoms with van der Waals surface area (Å²) in [6.45, 7) is 1.17. The molecule has 2 N–H and O–H groups in total. The Morgan fingerprint density at radius 3 is 3.00 bits per heavy atom. The van der Waals surface area contributed by atoms with Gasteiger partial charge in [0.15, 0.2) is 0 Å². The normalized spacial score (nSPS) is 19.9. The second-order valence-corrected chi connectivity index (χ2v) is 4.94. The minimum absolute atomic E-state index is 0.0121. The van der Waals surface area contributed by atoms with Gasteiger partial charge in [0.05, 0.1) is 0 Å². The van der Waals surface area contributed by atoms with Crippen molar-refractivity contribution in [2.45, 2.75) is 25.6 Å². The maximum atomic E-state index is 12.2. The fourth-order valence-electron chi connectivity index (χ4n) is 2.18. The zero-order valence-corrected chi connectivity index (χ0v) is 10.9. The number of amides is 1. The lowest BCUT2D eigenvalue weighted by Gasteiger charge is -2.22. The Morgan fingerprint density at radius 2 is 2.35 bits per heavy atom. The molecule has 8 heteroatoms. The standard InChI is InChI=1S/C12H17F3N4O/c13-12(14,15)8-19-5-3-10(18-19)11(20)17-7-9-2-1-4-16-6-9/h3,5,9,16H,1-2,4,6-8H2,(H,17,20). The van der Waals surface area contributed by atoms with Crippen molar-refractivity contribution in [2.75, 3.05) is 19.6 Å². The highest BCUT2D eigenvalue weighted by Crippen LogP contribution is 2.17. The molecule has 112 valence electrons. The summed E-state index contributed by atoms with van der Waals surface area (Å²) in [6.07, 6.45) is -1.07. The third-order valence-electron chi connectivity index (χ3n) is 3.16. The molecule has 0 saturated carbocycles. The fraction of sp³-hybridized carbons (Fsp3) is 0.667. The summed E-state index contributed by atoms with van der Waals surface area (Å²) in [6, 6.07) is 1.29. The van der Waals surface area contributed by atoms with Crippen molar-refractivity contribution in [3.63, 3.8) is 0 Å². The van der Waals surface area contributed by atoms with E-state index in [-0.39, 0.29) is 5.69 Å². The zero-order valence-electron chi connectivity index (χ0n) is 10.9. The van der Waals surface area contributed by atoms with Crippen LogP contribution in [-0.4, -0.2) is 41.5 Å². The molecule has 1 fully saturated rings. The van der Waals surface area contributed by atoms with Crippen molar-refractivity contribution >= 4 is 5.91 Å². The first-order valence-corrected chi connectivity index (χ1v) is 6.53. The van der Waals surface area contributed by atoms with E-state index in [1.807, 2.05) is 0 Å². The third kappa shape index (κ3) is 4.52. The van der Waals surface area contributed by atoms with Gasteiger partial charge in [-0.2, -0.15) is 18.3 Å². The largest absolute Gasteiger partial charge is 0.408 e. The number of carbonyl (C=O) groups is 1. The molecule has 0 spiro atoms. The van der Waals surface area contributed by atoms with Gasteiger partial charge in [0.2, 0.25) is 0 Å². The van der Waals surface area contributed by atoms with E-state index in [9.17, 15) is 18.0 Å². The van der Waals surface area contributed by atoms with E-state index in [2.05, 4.69) is 15.7 Å². The van der Waals surface area contributed by atoms with Gasteiger partial charge in [0.1, 0.15) is 12.2 Å². The Labute approximate surface area is 114 Å². The van der Waals surface area contributed by atoms with Crippen LogP contribution in [0.2, 0.25) is 0 Å². The van der Waals surface area contributed by atoms with E-state index >= 15 is 0 Å². The molecule has 1 atom stereocenters. The molecule has 0 radical (unpaired) electrons.